The van der Waals surface area contributed by atoms with Crippen LogP contribution < -0.4 is 10.7 Å². The number of piperidine rings is 1. The highest BCUT2D eigenvalue weighted by molar-refractivity contribution is 5.99. The maximum absolute atomic E-state index is 13.4. The fourth-order valence-corrected chi connectivity index (χ4v) is 5.20. The monoisotopic (exact) mass is 457 g/mol. The summed E-state index contributed by atoms with van der Waals surface area (Å²) in [6.07, 6.45) is 8.22. The number of aryl methyl sites for hydroxylation is 1. The van der Waals surface area contributed by atoms with E-state index in [9.17, 15) is 4.79 Å². The van der Waals surface area contributed by atoms with Gasteiger partial charge in [-0.3, -0.25) is 4.79 Å². The van der Waals surface area contributed by atoms with Crippen LogP contribution in [0.4, 0.5) is 0 Å². The van der Waals surface area contributed by atoms with Crippen LogP contribution in [0.3, 0.4) is 0 Å². The van der Waals surface area contributed by atoms with E-state index in [0.29, 0.717) is 6.04 Å². The third-order valence-electron chi connectivity index (χ3n) is 7.21. The summed E-state index contributed by atoms with van der Waals surface area (Å²) in [6, 6.07) is 17.2. The van der Waals surface area contributed by atoms with E-state index >= 15 is 0 Å². The lowest BCUT2D eigenvalue weighted by Crippen LogP contribution is -2.44. The second kappa shape index (κ2) is 10.4. The Morgan fingerprint density at radius 1 is 1.12 bits per heavy atom. The Balaban J connectivity index is 1.27. The van der Waals surface area contributed by atoms with Crippen molar-refractivity contribution in [1.29, 1.82) is 0 Å². The first kappa shape index (κ1) is 22.7. The minimum absolute atomic E-state index is 0.110. The first-order chi connectivity index (χ1) is 16.7. The van der Waals surface area contributed by atoms with Crippen molar-refractivity contribution in [1.82, 2.24) is 20.6 Å². The van der Waals surface area contributed by atoms with Gasteiger partial charge in [-0.15, -0.1) is 0 Å². The lowest BCUT2D eigenvalue weighted by atomic mass is 9.99. The number of amides is 1. The number of hydrazone groups is 1. The number of hydrogen-bond donors (Lipinski definition) is 3. The fraction of sp³-hybridized carbons (Fsp3) is 0.429. The van der Waals surface area contributed by atoms with Crippen LogP contribution in [-0.2, 0) is 13.0 Å². The molecule has 178 valence electrons. The van der Waals surface area contributed by atoms with Crippen LogP contribution in [0.15, 0.2) is 53.6 Å². The predicted octanol–water partition coefficient (Wildman–Crippen LogP) is 4.93. The number of benzene rings is 2. The van der Waals surface area contributed by atoms with Gasteiger partial charge in [0, 0.05) is 54.1 Å². The molecule has 5 rings (SSSR count). The Kier molecular flexibility index (Phi) is 6.95. The molecule has 1 atom stereocenters. The summed E-state index contributed by atoms with van der Waals surface area (Å²) >= 11 is 0. The lowest BCUT2D eigenvalue weighted by Gasteiger charge is -2.32. The molecule has 0 bridgehead atoms. The molecule has 0 radical (unpaired) electrons. The third kappa shape index (κ3) is 5.02. The van der Waals surface area contributed by atoms with Gasteiger partial charge >= 0.3 is 0 Å². The largest absolute Gasteiger partial charge is 0.356 e. The molecule has 6 heteroatoms. The first-order valence-corrected chi connectivity index (χ1v) is 12.7. The quantitative estimate of drug-likeness (QED) is 0.520. The molecule has 1 fully saturated rings. The molecule has 3 heterocycles. The molecule has 1 saturated heterocycles. The molecule has 34 heavy (non-hydrogen) atoms. The van der Waals surface area contributed by atoms with Crippen LogP contribution in [0, 0.1) is 0 Å². The number of fused-ring (bicyclic) bond motifs is 3. The van der Waals surface area contributed by atoms with Crippen molar-refractivity contribution in [2.45, 2.75) is 64.1 Å². The first-order valence-electron chi connectivity index (χ1n) is 12.7. The van der Waals surface area contributed by atoms with Crippen molar-refractivity contribution < 1.29 is 4.79 Å². The number of nitrogens with zero attached hydrogens (tertiary/aromatic N) is 2. The second-order valence-electron chi connectivity index (χ2n) is 9.62. The van der Waals surface area contributed by atoms with Crippen molar-refractivity contribution in [3.63, 3.8) is 0 Å². The molecule has 0 aliphatic carbocycles. The molecule has 2 aliphatic rings. The lowest BCUT2D eigenvalue weighted by molar-refractivity contribution is 0.0705. The van der Waals surface area contributed by atoms with Crippen molar-refractivity contribution in [2.24, 2.45) is 5.10 Å². The highest BCUT2D eigenvalue weighted by Crippen LogP contribution is 2.30. The van der Waals surface area contributed by atoms with E-state index < -0.39 is 0 Å². The Bertz CT molecular complexity index is 1140. The predicted molar refractivity (Wildman–Crippen MR) is 138 cm³/mol. The molecule has 3 N–H and O–H groups in total. The molecule has 2 aromatic carbocycles. The maximum atomic E-state index is 13.4. The zero-order chi connectivity index (χ0) is 23.3. The molecule has 1 amide bonds. The Hall–Kier alpha value is -3.12. The van der Waals surface area contributed by atoms with Crippen LogP contribution in [0.5, 0.6) is 0 Å². The van der Waals surface area contributed by atoms with Crippen molar-refractivity contribution in [3.05, 3.63) is 70.9 Å². The van der Waals surface area contributed by atoms with E-state index in [0.717, 1.165) is 69.2 Å². The Morgan fingerprint density at radius 2 is 1.94 bits per heavy atom. The molecule has 0 saturated carbocycles. The van der Waals surface area contributed by atoms with Gasteiger partial charge in [0.2, 0.25) is 0 Å². The van der Waals surface area contributed by atoms with Gasteiger partial charge in [-0.1, -0.05) is 30.3 Å². The number of likely N-dealkylation sites (tertiary alicyclic amines) is 1. The standard InChI is InChI=1S/C28H35N5O/c1-20-27-24(10-6-3-7-15-30-32-20)25-18-22(11-12-26(25)31-27)28(34)33-16-13-23(14-17-33)29-19-21-8-4-2-5-9-21/h2,4-5,8-9,11-12,15,18,20,23,29,31-32H,3,6-7,10,13-14,16-17,19H2,1H3/b30-15-. The van der Waals surface area contributed by atoms with E-state index in [1.165, 1.54) is 22.2 Å². The number of H-pyrrole nitrogens is 1. The van der Waals surface area contributed by atoms with Gasteiger partial charge < -0.3 is 20.6 Å². The molecule has 1 unspecified atom stereocenters. The molecule has 3 aromatic rings. The molecule has 1 aromatic heterocycles. The minimum Gasteiger partial charge on any atom is -0.356 e. The van der Waals surface area contributed by atoms with E-state index in [4.69, 9.17) is 0 Å². The summed E-state index contributed by atoms with van der Waals surface area (Å²) in [4.78, 5) is 19.0. The number of aromatic nitrogens is 1. The zero-order valence-corrected chi connectivity index (χ0v) is 20.0. The summed E-state index contributed by atoms with van der Waals surface area (Å²) in [5.41, 5.74) is 8.94. The number of carbonyl (C=O) groups is 1. The molecular formula is C28H35N5O. The summed E-state index contributed by atoms with van der Waals surface area (Å²) in [5.74, 6) is 0.147. The van der Waals surface area contributed by atoms with E-state index in [1.54, 1.807) is 0 Å². The summed E-state index contributed by atoms with van der Waals surface area (Å²) in [5, 5.41) is 9.20. The van der Waals surface area contributed by atoms with Crippen LogP contribution in [0.25, 0.3) is 10.9 Å². The number of hydrogen-bond acceptors (Lipinski definition) is 4. The number of carbonyl (C=O) groups excluding carboxylic acids is 1. The van der Waals surface area contributed by atoms with Crippen LogP contribution in [0.2, 0.25) is 0 Å². The van der Waals surface area contributed by atoms with Gasteiger partial charge in [0.1, 0.15) is 0 Å². The van der Waals surface area contributed by atoms with Gasteiger partial charge in [-0.05, 0) is 74.8 Å². The van der Waals surface area contributed by atoms with Crippen molar-refractivity contribution in [3.8, 4) is 0 Å². The Labute approximate surface area is 201 Å². The zero-order valence-electron chi connectivity index (χ0n) is 20.0. The van der Waals surface area contributed by atoms with E-state index in [-0.39, 0.29) is 11.9 Å². The highest BCUT2D eigenvalue weighted by atomic mass is 16.2. The molecule has 6 nitrogen and oxygen atoms in total. The van der Waals surface area contributed by atoms with E-state index in [2.05, 4.69) is 64.1 Å². The molecule has 0 spiro atoms. The number of aromatic amines is 1. The van der Waals surface area contributed by atoms with E-state index in [1.807, 2.05) is 23.2 Å². The van der Waals surface area contributed by atoms with Crippen LogP contribution in [0.1, 0.15) is 72.2 Å². The van der Waals surface area contributed by atoms with Crippen molar-refractivity contribution >= 4 is 23.0 Å². The fourth-order valence-electron chi connectivity index (χ4n) is 5.20. The average molecular weight is 458 g/mol. The number of rotatable bonds is 4. The van der Waals surface area contributed by atoms with Crippen molar-refractivity contribution in [2.75, 3.05) is 13.1 Å². The van der Waals surface area contributed by atoms with Gasteiger partial charge in [-0.2, -0.15) is 5.10 Å². The summed E-state index contributed by atoms with van der Waals surface area (Å²) in [7, 11) is 0. The third-order valence-corrected chi connectivity index (χ3v) is 7.21. The summed E-state index contributed by atoms with van der Waals surface area (Å²) < 4.78 is 0. The van der Waals surface area contributed by atoms with Gasteiger partial charge in [0.25, 0.3) is 5.91 Å². The number of nitrogens with one attached hydrogen (secondary N) is 3. The smallest absolute Gasteiger partial charge is 0.253 e. The minimum atomic E-state index is 0.110. The molecular weight excluding hydrogens is 422 g/mol. The average Bonchev–Trinajstić information content (AvgIpc) is 3.25. The Morgan fingerprint density at radius 3 is 2.76 bits per heavy atom. The topological polar surface area (TPSA) is 72.5 Å². The normalized spacial score (nSPS) is 20.5. The second-order valence-corrected chi connectivity index (χ2v) is 9.62. The van der Waals surface area contributed by atoms with Gasteiger partial charge in [0.05, 0.1) is 6.04 Å². The van der Waals surface area contributed by atoms with Gasteiger partial charge in [-0.25, -0.2) is 0 Å². The van der Waals surface area contributed by atoms with Crippen LogP contribution in [-0.4, -0.2) is 41.1 Å². The summed E-state index contributed by atoms with van der Waals surface area (Å²) in [6.45, 7) is 4.61. The van der Waals surface area contributed by atoms with Crippen LogP contribution >= 0.6 is 0 Å². The van der Waals surface area contributed by atoms with Gasteiger partial charge in [0.15, 0.2) is 0 Å². The highest BCUT2D eigenvalue weighted by Gasteiger charge is 2.24. The molecule has 2 aliphatic heterocycles. The maximum Gasteiger partial charge on any atom is 0.253 e. The SMILES string of the molecule is CC1N/N=C\CCCCc2c1[nH]c1ccc(C(=O)N3CCC(NCc4ccccc4)CC3)cc21.